The molecular formula is C21H45NO. The monoisotopic (exact) mass is 327 g/mol. The molecular weight excluding hydrogens is 282 g/mol. The normalized spacial score (nSPS) is 12.7. The molecule has 0 spiro atoms. The van der Waals surface area contributed by atoms with Crippen LogP contribution in [0.2, 0.25) is 0 Å². The molecule has 0 rings (SSSR count). The maximum absolute atomic E-state index is 5.59. The highest BCUT2D eigenvalue weighted by atomic mass is 16.5. The number of likely N-dealkylation sites (N-methyl/N-ethyl adjacent to an activating group) is 1. The molecule has 2 heteroatoms. The van der Waals surface area contributed by atoms with Crippen LogP contribution in [0.3, 0.4) is 0 Å². The lowest BCUT2D eigenvalue weighted by molar-refractivity contribution is 0.132. The molecule has 0 aromatic heterocycles. The van der Waals surface area contributed by atoms with Crippen molar-refractivity contribution in [3.8, 4) is 0 Å². The summed E-state index contributed by atoms with van der Waals surface area (Å²) < 4.78 is 5.59. The largest absolute Gasteiger partial charge is 0.380 e. The Morgan fingerprint density at radius 1 is 0.696 bits per heavy atom. The molecule has 0 aromatic rings. The first-order chi connectivity index (χ1) is 11.3. The molecule has 0 aromatic carbocycles. The molecule has 0 aliphatic rings. The van der Waals surface area contributed by atoms with Gasteiger partial charge in [-0.05, 0) is 18.9 Å². The summed E-state index contributed by atoms with van der Waals surface area (Å²) in [5, 5.41) is 3.28. The molecule has 2 nitrogen and oxygen atoms in total. The second kappa shape index (κ2) is 20.0. The summed E-state index contributed by atoms with van der Waals surface area (Å²) in [6.45, 7) is 10.7. The first-order valence-corrected chi connectivity index (χ1v) is 10.6. The van der Waals surface area contributed by atoms with Crippen LogP contribution in [0.5, 0.6) is 0 Å². The molecule has 0 aliphatic heterocycles. The fourth-order valence-corrected chi connectivity index (χ4v) is 2.92. The standard InChI is InChI=1S/C21H45NO/c1-4-21(3)17-15-13-11-9-7-6-8-10-12-14-16-19-23-20-18-22-5-2/h21-22H,4-20H2,1-3H3. The van der Waals surface area contributed by atoms with Crippen LogP contribution in [0.4, 0.5) is 0 Å². The summed E-state index contributed by atoms with van der Waals surface area (Å²) in [6.07, 6.45) is 18.4. The van der Waals surface area contributed by atoms with Gasteiger partial charge in [0.25, 0.3) is 0 Å². The van der Waals surface area contributed by atoms with Gasteiger partial charge in [-0.15, -0.1) is 0 Å². The van der Waals surface area contributed by atoms with E-state index in [-0.39, 0.29) is 0 Å². The lowest BCUT2D eigenvalue weighted by Crippen LogP contribution is -2.19. The highest BCUT2D eigenvalue weighted by molar-refractivity contribution is 4.52. The van der Waals surface area contributed by atoms with Crippen LogP contribution in [0.1, 0.15) is 104 Å². The molecule has 140 valence electrons. The summed E-state index contributed by atoms with van der Waals surface area (Å²) in [4.78, 5) is 0. The van der Waals surface area contributed by atoms with E-state index in [9.17, 15) is 0 Å². The van der Waals surface area contributed by atoms with Gasteiger partial charge < -0.3 is 10.1 Å². The van der Waals surface area contributed by atoms with Crippen LogP contribution >= 0.6 is 0 Å². The molecule has 0 bridgehead atoms. The Kier molecular flexibility index (Phi) is 19.9. The third-order valence-electron chi connectivity index (χ3n) is 4.86. The van der Waals surface area contributed by atoms with Gasteiger partial charge in [-0.3, -0.25) is 0 Å². The van der Waals surface area contributed by atoms with E-state index in [0.29, 0.717) is 0 Å². The van der Waals surface area contributed by atoms with Crippen LogP contribution in [-0.4, -0.2) is 26.3 Å². The van der Waals surface area contributed by atoms with Crippen LogP contribution in [0, 0.1) is 5.92 Å². The van der Waals surface area contributed by atoms with E-state index < -0.39 is 0 Å². The van der Waals surface area contributed by atoms with Gasteiger partial charge in [0.1, 0.15) is 0 Å². The molecule has 0 fully saturated rings. The van der Waals surface area contributed by atoms with Crippen molar-refractivity contribution in [2.24, 2.45) is 5.92 Å². The third kappa shape index (κ3) is 19.9. The second-order valence-corrected chi connectivity index (χ2v) is 7.16. The van der Waals surface area contributed by atoms with Gasteiger partial charge in [0.2, 0.25) is 0 Å². The van der Waals surface area contributed by atoms with Gasteiger partial charge in [0.05, 0.1) is 6.61 Å². The molecule has 0 saturated heterocycles. The van der Waals surface area contributed by atoms with Gasteiger partial charge in [-0.1, -0.05) is 97.8 Å². The zero-order valence-corrected chi connectivity index (χ0v) is 16.5. The third-order valence-corrected chi connectivity index (χ3v) is 4.86. The molecule has 0 heterocycles. The van der Waals surface area contributed by atoms with Gasteiger partial charge >= 0.3 is 0 Å². The van der Waals surface area contributed by atoms with E-state index in [1.807, 2.05) is 0 Å². The molecule has 1 atom stereocenters. The average Bonchev–Trinajstić information content (AvgIpc) is 2.57. The number of hydrogen-bond donors (Lipinski definition) is 1. The average molecular weight is 328 g/mol. The SMILES string of the molecule is CCNCCOCCCCCCCCCCCCCC(C)CC. The van der Waals surface area contributed by atoms with Crippen molar-refractivity contribution in [3.63, 3.8) is 0 Å². The molecule has 0 radical (unpaired) electrons. The predicted octanol–water partition coefficient (Wildman–Crippen LogP) is 6.34. The lowest BCUT2D eigenvalue weighted by atomic mass is 9.99. The molecule has 0 saturated carbocycles. The number of ether oxygens (including phenoxy) is 1. The Labute approximate surface area is 147 Å². The molecule has 0 amide bonds. The summed E-state index contributed by atoms with van der Waals surface area (Å²) in [7, 11) is 0. The van der Waals surface area contributed by atoms with Crippen molar-refractivity contribution in [2.75, 3.05) is 26.3 Å². The van der Waals surface area contributed by atoms with Crippen molar-refractivity contribution in [1.29, 1.82) is 0 Å². The van der Waals surface area contributed by atoms with Crippen molar-refractivity contribution in [2.45, 2.75) is 104 Å². The minimum atomic E-state index is 0.866. The zero-order valence-electron chi connectivity index (χ0n) is 16.5. The van der Waals surface area contributed by atoms with Gasteiger partial charge in [0.15, 0.2) is 0 Å². The Morgan fingerprint density at radius 2 is 1.22 bits per heavy atom. The first-order valence-electron chi connectivity index (χ1n) is 10.6. The van der Waals surface area contributed by atoms with E-state index in [2.05, 4.69) is 26.1 Å². The Hall–Kier alpha value is -0.0800. The highest BCUT2D eigenvalue weighted by Gasteiger charge is 1.98. The first kappa shape index (κ1) is 22.9. The van der Waals surface area contributed by atoms with E-state index in [4.69, 9.17) is 4.74 Å². The number of rotatable bonds is 19. The molecule has 0 aliphatic carbocycles. The minimum Gasteiger partial charge on any atom is -0.380 e. The molecule has 1 unspecified atom stereocenters. The maximum atomic E-state index is 5.59. The summed E-state index contributed by atoms with van der Waals surface area (Å²) in [5.41, 5.74) is 0. The second-order valence-electron chi connectivity index (χ2n) is 7.16. The van der Waals surface area contributed by atoms with Crippen LogP contribution in [0.25, 0.3) is 0 Å². The van der Waals surface area contributed by atoms with Gasteiger partial charge in [0, 0.05) is 13.2 Å². The van der Waals surface area contributed by atoms with Crippen molar-refractivity contribution < 1.29 is 4.74 Å². The van der Waals surface area contributed by atoms with Crippen LogP contribution in [-0.2, 0) is 4.74 Å². The quantitative estimate of drug-likeness (QED) is 0.279. The van der Waals surface area contributed by atoms with Crippen molar-refractivity contribution in [1.82, 2.24) is 5.32 Å². The van der Waals surface area contributed by atoms with E-state index >= 15 is 0 Å². The smallest absolute Gasteiger partial charge is 0.0590 e. The van der Waals surface area contributed by atoms with Crippen molar-refractivity contribution in [3.05, 3.63) is 0 Å². The van der Waals surface area contributed by atoms with Crippen molar-refractivity contribution >= 4 is 0 Å². The fraction of sp³-hybridized carbons (Fsp3) is 1.00. The number of nitrogens with one attached hydrogen (secondary N) is 1. The fourth-order valence-electron chi connectivity index (χ4n) is 2.92. The Morgan fingerprint density at radius 3 is 1.74 bits per heavy atom. The van der Waals surface area contributed by atoms with Crippen LogP contribution < -0.4 is 5.32 Å². The minimum absolute atomic E-state index is 0.866. The summed E-state index contributed by atoms with van der Waals surface area (Å²) >= 11 is 0. The lowest BCUT2D eigenvalue weighted by Gasteiger charge is -2.07. The maximum Gasteiger partial charge on any atom is 0.0590 e. The van der Waals surface area contributed by atoms with E-state index in [1.54, 1.807) is 0 Å². The highest BCUT2D eigenvalue weighted by Crippen LogP contribution is 2.15. The summed E-state index contributed by atoms with van der Waals surface area (Å²) in [5.74, 6) is 0.938. The van der Waals surface area contributed by atoms with Crippen LogP contribution in [0.15, 0.2) is 0 Å². The predicted molar refractivity (Wildman–Crippen MR) is 104 cm³/mol. The summed E-state index contributed by atoms with van der Waals surface area (Å²) in [6, 6.07) is 0. The number of hydrogen-bond acceptors (Lipinski definition) is 2. The molecule has 23 heavy (non-hydrogen) atoms. The van der Waals surface area contributed by atoms with Gasteiger partial charge in [-0.2, -0.15) is 0 Å². The Balaban J connectivity index is 2.97. The van der Waals surface area contributed by atoms with Gasteiger partial charge in [-0.25, -0.2) is 0 Å². The van der Waals surface area contributed by atoms with E-state index in [0.717, 1.165) is 32.2 Å². The number of unbranched alkanes of at least 4 members (excludes halogenated alkanes) is 10. The topological polar surface area (TPSA) is 21.3 Å². The zero-order chi connectivity index (χ0) is 17.0. The molecule has 1 N–H and O–H groups in total. The Bertz CT molecular complexity index is 208. The van der Waals surface area contributed by atoms with E-state index in [1.165, 1.54) is 83.5 Å².